The molecule has 2 aromatic rings. The van der Waals surface area contributed by atoms with Crippen LogP contribution in [0.15, 0.2) is 24.5 Å². The lowest BCUT2D eigenvalue weighted by Crippen LogP contribution is -2.31. The van der Waals surface area contributed by atoms with Crippen LogP contribution in [0.25, 0.3) is 0 Å². The summed E-state index contributed by atoms with van der Waals surface area (Å²) in [7, 11) is 3.78. The molecule has 8 nitrogen and oxygen atoms in total. The van der Waals surface area contributed by atoms with Crippen molar-refractivity contribution in [1.29, 1.82) is 0 Å². The van der Waals surface area contributed by atoms with E-state index < -0.39 is 0 Å². The van der Waals surface area contributed by atoms with Gasteiger partial charge < -0.3 is 25.4 Å². The number of nitrogens with one attached hydrogen (secondary N) is 2. The fourth-order valence-electron chi connectivity index (χ4n) is 4.33. The van der Waals surface area contributed by atoms with Gasteiger partial charge in [0.1, 0.15) is 5.82 Å². The average Bonchev–Trinajstić information content (AvgIpc) is 2.76. The van der Waals surface area contributed by atoms with Crippen LogP contribution in [0.2, 0.25) is 0 Å². The zero-order chi connectivity index (χ0) is 20.9. The van der Waals surface area contributed by atoms with Crippen molar-refractivity contribution in [2.45, 2.75) is 56.6 Å². The first kappa shape index (κ1) is 20.8. The molecule has 30 heavy (non-hydrogen) atoms. The molecular weight excluding hydrogens is 380 g/mol. The van der Waals surface area contributed by atoms with Crippen LogP contribution < -0.4 is 15.4 Å². The lowest BCUT2D eigenvalue weighted by Gasteiger charge is -2.32. The van der Waals surface area contributed by atoms with Gasteiger partial charge in [-0.05, 0) is 70.6 Å². The molecule has 0 unspecified atom stereocenters. The van der Waals surface area contributed by atoms with Gasteiger partial charge in [0, 0.05) is 35.8 Å². The Bertz CT molecular complexity index is 832. The summed E-state index contributed by atoms with van der Waals surface area (Å²) in [5.41, 5.74) is 2.03. The highest BCUT2D eigenvalue weighted by Crippen LogP contribution is 2.33. The maximum absolute atomic E-state index is 9.84. The molecule has 2 aromatic heterocycles. The number of piperidine rings is 1. The fraction of sp³-hybridized carbons (Fsp3) is 0.591. The van der Waals surface area contributed by atoms with Gasteiger partial charge in [-0.3, -0.25) is 0 Å². The number of aromatic nitrogens is 3. The van der Waals surface area contributed by atoms with Crippen LogP contribution >= 0.6 is 0 Å². The minimum Gasteiger partial charge on any atom is -0.481 e. The van der Waals surface area contributed by atoms with Crippen molar-refractivity contribution in [3.63, 3.8) is 0 Å². The third-order valence-corrected chi connectivity index (χ3v) is 6.21. The number of pyridine rings is 1. The van der Waals surface area contributed by atoms with Crippen LogP contribution in [0.3, 0.4) is 0 Å². The molecule has 1 aliphatic heterocycles. The summed E-state index contributed by atoms with van der Waals surface area (Å²) in [5, 5.41) is 16.8. The molecule has 0 amide bonds. The van der Waals surface area contributed by atoms with Gasteiger partial charge in [-0.2, -0.15) is 4.98 Å². The van der Waals surface area contributed by atoms with E-state index in [-0.39, 0.29) is 6.10 Å². The van der Waals surface area contributed by atoms with Crippen LogP contribution in [-0.2, 0) is 0 Å². The van der Waals surface area contributed by atoms with Gasteiger partial charge in [-0.25, -0.2) is 9.97 Å². The highest BCUT2D eigenvalue weighted by atomic mass is 16.5. The van der Waals surface area contributed by atoms with E-state index in [0.717, 1.165) is 63.1 Å². The van der Waals surface area contributed by atoms with E-state index >= 15 is 0 Å². The van der Waals surface area contributed by atoms with E-state index in [2.05, 4.69) is 32.5 Å². The second-order valence-corrected chi connectivity index (χ2v) is 8.44. The third-order valence-electron chi connectivity index (χ3n) is 6.21. The second-order valence-electron chi connectivity index (χ2n) is 8.44. The Labute approximate surface area is 178 Å². The number of hydrogen-bond acceptors (Lipinski definition) is 8. The predicted molar refractivity (Wildman–Crippen MR) is 117 cm³/mol. The highest BCUT2D eigenvalue weighted by Gasteiger charge is 2.25. The number of ether oxygens (including phenoxy) is 1. The smallest absolute Gasteiger partial charge is 0.229 e. The lowest BCUT2D eigenvalue weighted by atomic mass is 9.89. The number of likely N-dealkylation sites (tertiary alicyclic amines) is 1. The monoisotopic (exact) mass is 412 g/mol. The standard InChI is InChI=1S/C22H32N6O2/c1-28-11-8-15(9-12-28)19-14-24-22(26-17-7-10-23-20(13-17)30-2)27-21(19)25-16-3-5-18(29)6-4-16/h7,10,13-16,18,29H,3-6,8-9,11-12H2,1-2H3,(H2,23,24,25,26,27). The average molecular weight is 413 g/mol. The lowest BCUT2D eigenvalue weighted by molar-refractivity contribution is 0.126. The Hall–Kier alpha value is -2.45. The highest BCUT2D eigenvalue weighted by molar-refractivity contribution is 5.57. The zero-order valence-corrected chi connectivity index (χ0v) is 17.8. The Kier molecular flexibility index (Phi) is 6.64. The van der Waals surface area contributed by atoms with Gasteiger partial charge in [0.25, 0.3) is 0 Å². The molecule has 3 heterocycles. The molecule has 1 saturated carbocycles. The molecule has 0 atom stereocenters. The molecule has 1 saturated heterocycles. The molecule has 0 aromatic carbocycles. The summed E-state index contributed by atoms with van der Waals surface area (Å²) in [6, 6.07) is 4.03. The number of rotatable bonds is 6. The summed E-state index contributed by atoms with van der Waals surface area (Å²) in [6.07, 6.45) is 9.34. The number of aliphatic hydroxyl groups excluding tert-OH is 1. The first-order chi connectivity index (χ1) is 14.6. The van der Waals surface area contributed by atoms with E-state index in [1.54, 1.807) is 13.3 Å². The molecule has 0 bridgehead atoms. The van der Waals surface area contributed by atoms with E-state index in [0.29, 0.717) is 23.8 Å². The molecule has 3 N–H and O–H groups in total. The Morgan fingerprint density at radius 3 is 2.60 bits per heavy atom. The molecule has 162 valence electrons. The number of nitrogens with zero attached hydrogens (tertiary/aromatic N) is 4. The van der Waals surface area contributed by atoms with Gasteiger partial charge in [0.2, 0.25) is 11.8 Å². The largest absolute Gasteiger partial charge is 0.481 e. The van der Waals surface area contributed by atoms with E-state index in [1.807, 2.05) is 18.3 Å². The van der Waals surface area contributed by atoms with Crippen LogP contribution in [-0.4, -0.2) is 64.4 Å². The summed E-state index contributed by atoms with van der Waals surface area (Å²) >= 11 is 0. The molecule has 0 radical (unpaired) electrons. The van der Waals surface area contributed by atoms with Gasteiger partial charge in [-0.15, -0.1) is 0 Å². The minimum atomic E-state index is -0.166. The van der Waals surface area contributed by atoms with Crippen molar-refractivity contribution in [3.8, 4) is 5.88 Å². The van der Waals surface area contributed by atoms with Gasteiger partial charge >= 0.3 is 0 Å². The summed E-state index contributed by atoms with van der Waals surface area (Å²) in [4.78, 5) is 16.0. The van der Waals surface area contributed by atoms with E-state index in [9.17, 15) is 5.11 Å². The Balaban J connectivity index is 1.56. The Morgan fingerprint density at radius 1 is 1.10 bits per heavy atom. The molecular formula is C22H32N6O2. The molecule has 2 fully saturated rings. The normalized spacial score (nSPS) is 23.2. The van der Waals surface area contributed by atoms with Gasteiger partial charge in [0.15, 0.2) is 0 Å². The van der Waals surface area contributed by atoms with Crippen LogP contribution in [0.5, 0.6) is 5.88 Å². The number of methoxy groups -OCH3 is 1. The first-order valence-electron chi connectivity index (χ1n) is 10.9. The Morgan fingerprint density at radius 2 is 1.87 bits per heavy atom. The fourth-order valence-corrected chi connectivity index (χ4v) is 4.33. The molecule has 1 aliphatic carbocycles. The van der Waals surface area contributed by atoms with Crippen molar-refractivity contribution in [2.24, 2.45) is 0 Å². The number of hydrogen-bond donors (Lipinski definition) is 3. The van der Waals surface area contributed by atoms with Gasteiger partial charge in [0.05, 0.1) is 13.2 Å². The second kappa shape index (κ2) is 9.57. The van der Waals surface area contributed by atoms with Crippen molar-refractivity contribution in [1.82, 2.24) is 19.9 Å². The molecule has 0 spiro atoms. The predicted octanol–water partition coefficient (Wildman–Crippen LogP) is 3.15. The van der Waals surface area contributed by atoms with Crippen molar-refractivity contribution in [2.75, 3.05) is 37.9 Å². The van der Waals surface area contributed by atoms with Crippen molar-refractivity contribution < 1.29 is 9.84 Å². The third kappa shape index (κ3) is 5.17. The van der Waals surface area contributed by atoms with Crippen LogP contribution in [0, 0.1) is 0 Å². The topological polar surface area (TPSA) is 95.4 Å². The molecule has 4 rings (SSSR count). The summed E-state index contributed by atoms with van der Waals surface area (Å²) in [6.45, 7) is 2.19. The number of anilines is 3. The van der Waals surface area contributed by atoms with E-state index in [4.69, 9.17) is 9.72 Å². The minimum absolute atomic E-state index is 0.166. The zero-order valence-electron chi connectivity index (χ0n) is 17.8. The SMILES string of the molecule is COc1cc(Nc2ncc(C3CCN(C)CC3)c(NC3CCC(O)CC3)n2)ccn1. The van der Waals surface area contributed by atoms with Crippen molar-refractivity contribution in [3.05, 3.63) is 30.1 Å². The van der Waals surface area contributed by atoms with Crippen molar-refractivity contribution >= 4 is 17.5 Å². The molecule has 8 heteroatoms. The first-order valence-corrected chi connectivity index (χ1v) is 10.9. The molecule has 2 aliphatic rings. The summed E-state index contributed by atoms with van der Waals surface area (Å²) in [5.74, 6) is 2.48. The van der Waals surface area contributed by atoms with E-state index in [1.165, 1.54) is 5.56 Å². The number of aliphatic hydroxyl groups is 1. The summed E-state index contributed by atoms with van der Waals surface area (Å²) < 4.78 is 5.20. The van der Waals surface area contributed by atoms with Crippen LogP contribution in [0.4, 0.5) is 17.5 Å². The van der Waals surface area contributed by atoms with Crippen LogP contribution in [0.1, 0.15) is 50.0 Å². The quantitative estimate of drug-likeness (QED) is 0.666. The van der Waals surface area contributed by atoms with Gasteiger partial charge in [-0.1, -0.05) is 0 Å². The maximum Gasteiger partial charge on any atom is 0.229 e. The maximum atomic E-state index is 9.84.